The summed E-state index contributed by atoms with van der Waals surface area (Å²) in [4.78, 5) is 41.8. The maximum Gasteiger partial charge on any atom is 0.416 e. The molecule has 2 aliphatic rings. The molecule has 2 aromatic carbocycles. The smallest absolute Gasteiger partial charge is 0.416 e. The Morgan fingerprint density at radius 1 is 1.12 bits per heavy atom. The Morgan fingerprint density at radius 2 is 1.84 bits per heavy atom. The molecule has 0 saturated carbocycles. The molecule has 1 aromatic heterocycles. The molecule has 2 amide bonds. The van der Waals surface area contributed by atoms with Crippen LogP contribution in [0.3, 0.4) is 0 Å². The molecule has 0 unspecified atom stereocenters. The van der Waals surface area contributed by atoms with Crippen LogP contribution in [0.15, 0.2) is 47.5 Å². The summed E-state index contributed by atoms with van der Waals surface area (Å²) in [7, 11) is 0. The number of aromatic nitrogens is 2. The van der Waals surface area contributed by atoms with E-state index in [1.165, 1.54) is 21.7 Å². The molecule has 3 aromatic rings. The van der Waals surface area contributed by atoms with Crippen LogP contribution >= 0.6 is 23.4 Å². The fourth-order valence-electron chi connectivity index (χ4n) is 5.27. The zero-order valence-corrected chi connectivity index (χ0v) is 25.4. The number of amides is 2. The molecule has 13 heteroatoms. The first-order chi connectivity index (χ1) is 20.2. The Morgan fingerprint density at radius 3 is 2.51 bits per heavy atom. The van der Waals surface area contributed by atoms with E-state index in [4.69, 9.17) is 16.3 Å². The van der Waals surface area contributed by atoms with Gasteiger partial charge in [-0.25, -0.2) is 0 Å². The van der Waals surface area contributed by atoms with Crippen LogP contribution in [0, 0.1) is 0 Å². The first-order valence-electron chi connectivity index (χ1n) is 13.7. The molecule has 2 fully saturated rings. The Bertz CT molecular complexity index is 1610. The molecule has 43 heavy (non-hydrogen) atoms. The molecule has 0 radical (unpaired) electrons. The monoisotopic (exact) mass is 634 g/mol. The molecular weight excluding hydrogens is 605 g/mol. The highest BCUT2D eigenvalue weighted by Gasteiger charge is 2.41. The van der Waals surface area contributed by atoms with Gasteiger partial charge in [0.15, 0.2) is 0 Å². The number of nitrogens with zero attached hydrogens (tertiary/aromatic N) is 4. The van der Waals surface area contributed by atoms with Crippen molar-refractivity contribution in [3.05, 3.63) is 69.2 Å². The van der Waals surface area contributed by atoms with Gasteiger partial charge in [0.25, 0.3) is 11.1 Å². The number of hydrogen-bond acceptors (Lipinski definition) is 7. The van der Waals surface area contributed by atoms with Crippen molar-refractivity contribution in [2.75, 3.05) is 19.6 Å². The number of alkyl halides is 3. The molecule has 3 heterocycles. The van der Waals surface area contributed by atoms with E-state index < -0.39 is 17.3 Å². The van der Waals surface area contributed by atoms with Gasteiger partial charge in [0.05, 0.1) is 35.3 Å². The van der Waals surface area contributed by atoms with Crippen LogP contribution in [0.5, 0.6) is 0 Å². The number of imide groups is 1. The van der Waals surface area contributed by atoms with Gasteiger partial charge in [-0.05, 0) is 86.8 Å². The molecule has 2 saturated heterocycles. The number of halogens is 4. The highest BCUT2D eigenvalue weighted by atomic mass is 35.5. The fourth-order valence-corrected chi connectivity index (χ4v) is 6.34. The van der Waals surface area contributed by atoms with Crippen molar-refractivity contribution in [1.29, 1.82) is 0 Å². The van der Waals surface area contributed by atoms with Crippen molar-refractivity contribution in [2.24, 2.45) is 0 Å². The number of esters is 1. The largest absolute Gasteiger partial charge is 0.459 e. The van der Waals surface area contributed by atoms with E-state index in [2.05, 4.69) is 5.10 Å². The number of piperidine rings is 1. The predicted molar refractivity (Wildman–Crippen MR) is 158 cm³/mol. The lowest BCUT2D eigenvalue weighted by atomic mass is 10.0. The van der Waals surface area contributed by atoms with E-state index in [-0.39, 0.29) is 46.8 Å². The van der Waals surface area contributed by atoms with Gasteiger partial charge in [0, 0.05) is 29.5 Å². The van der Waals surface area contributed by atoms with Crippen molar-refractivity contribution >= 4 is 57.5 Å². The summed E-state index contributed by atoms with van der Waals surface area (Å²) in [6.45, 7) is 6.62. The quantitative estimate of drug-likeness (QED) is 0.223. The van der Waals surface area contributed by atoms with Crippen LogP contribution in [0.2, 0.25) is 5.02 Å². The van der Waals surface area contributed by atoms with E-state index in [0.717, 1.165) is 17.8 Å². The number of hydrogen-bond donors (Lipinski definition) is 0. The molecule has 228 valence electrons. The van der Waals surface area contributed by atoms with Crippen molar-refractivity contribution in [2.45, 2.75) is 58.0 Å². The van der Waals surface area contributed by atoms with E-state index in [0.29, 0.717) is 47.3 Å². The third-order valence-electron chi connectivity index (χ3n) is 7.18. The molecular formula is C30H30ClF3N4O4S. The second kappa shape index (κ2) is 12.0. The van der Waals surface area contributed by atoms with Crippen LogP contribution < -0.4 is 0 Å². The van der Waals surface area contributed by atoms with Gasteiger partial charge in [-0.2, -0.15) is 18.3 Å². The summed E-state index contributed by atoms with van der Waals surface area (Å²) in [6, 6.07) is 8.63. The number of ether oxygens (including phenoxy) is 1. The second-order valence-corrected chi connectivity index (χ2v) is 13.0. The van der Waals surface area contributed by atoms with Crippen molar-refractivity contribution in [3.8, 4) is 0 Å². The topological polar surface area (TPSA) is 84.7 Å². The van der Waals surface area contributed by atoms with E-state index in [1.807, 2.05) is 25.7 Å². The van der Waals surface area contributed by atoms with E-state index in [9.17, 15) is 27.6 Å². The van der Waals surface area contributed by atoms with E-state index in [1.54, 1.807) is 30.5 Å². The molecule has 0 bridgehead atoms. The average Bonchev–Trinajstić information content (AvgIpc) is 3.42. The van der Waals surface area contributed by atoms with Gasteiger partial charge in [-0.3, -0.25) is 28.9 Å². The molecule has 2 aliphatic heterocycles. The minimum Gasteiger partial charge on any atom is -0.459 e. The summed E-state index contributed by atoms with van der Waals surface area (Å²) in [5.74, 6) is -0.669. The summed E-state index contributed by atoms with van der Waals surface area (Å²) < 4.78 is 47.6. The summed E-state index contributed by atoms with van der Waals surface area (Å²) in [6.07, 6.45) is -0.255. The van der Waals surface area contributed by atoms with Crippen LogP contribution in [-0.2, 0) is 27.0 Å². The Hall–Kier alpha value is -3.35. The number of rotatable bonds is 6. The van der Waals surface area contributed by atoms with Crippen LogP contribution in [0.1, 0.15) is 50.3 Å². The molecule has 0 N–H and O–H groups in total. The Balaban J connectivity index is 1.26. The maximum atomic E-state index is 13.6. The van der Waals surface area contributed by atoms with Crippen LogP contribution in [-0.4, -0.2) is 68.0 Å². The van der Waals surface area contributed by atoms with Crippen molar-refractivity contribution in [1.82, 2.24) is 19.6 Å². The third kappa shape index (κ3) is 7.25. The van der Waals surface area contributed by atoms with Crippen molar-refractivity contribution in [3.63, 3.8) is 0 Å². The van der Waals surface area contributed by atoms with Gasteiger partial charge >= 0.3 is 12.1 Å². The number of carbonyl (C=O) groups is 3. The van der Waals surface area contributed by atoms with Crippen molar-refractivity contribution < 1.29 is 32.3 Å². The lowest BCUT2D eigenvalue weighted by Crippen LogP contribution is -2.48. The van der Waals surface area contributed by atoms with Crippen LogP contribution in [0.4, 0.5) is 18.0 Å². The zero-order chi connectivity index (χ0) is 31.1. The summed E-state index contributed by atoms with van der Waals surface area (Å²) >= 11 is 6.68. The zero-order valence-electron chi connectivity index (χ0n) is 23.8. The molecule has 0 atom stereocenters. The number of likely N-dealkylation sites (tertiary alicyclic amines) is 1. The SMILES string of the molecule is CC(C)(C)OC(=O)CN1CCC(N2C(=O)SC(=Cc3ccc4c(cnn4Cc4ccc(Cl)cc4C(F)(F)F)c3)C2=O)CC1. The highest BCUT2D eigenvalue weighted by Crippen LogP contribution is 2.37. The third-order valence-corrected chi connectivity index (χ3v) is 8.30. The molecule has 8 nitrogen and oxygen atoms in total. The minimum absolute atomic E-state index is 0.000824. The van der Waals surface area contributed by atoms with Crippen LogP contribution in [0.25, 0.3) is 17.0 Å². The first-order valence-corrected chi connectivity index (χ1v) is 14.9. The first kappa shape index (κ1) is 31.1. The number of thioether (sulfide) groups is 1. The minimum atomic E-state index is -4.56. The average molecular weight is 635 g/mol. The number of benzene rings is 2. The van der Waals surface area contributed by atoms with Gasteiger partial charge in [-0.1, -0.05) is 23.7 Å². The fraction of sp³-hybridized carbons (Fsp3) is 0.400. The van der Waals surface area contributed by atoms with E-state index >= 15 is 0 Å². The Kier molecular flexibility index (Phi) is 8.65. The maximum absolute atomic E-state index is 13.6. The Labute approximate surface area is 255 Å². The standard InChI is InChI=1S/C30H30ClF3N4O4S/c1-29(2,3)42-26(39)17-36-10-8-22(9-11-36)38-27(40)25(43-28(38)41)13-18-4-7-24-20(12-18)15-35-37(24)16-19-5-6-21(31)14-23(19)30(32,33)34/h4-7,12-15,22H,8-11,16-17H2,1-3H3. The lowest BCUT2D eigenvalue weighted by molar-refractivity contribution is -0.156. The van der Waals surface area contributed by atoms with Gasteiger partial charge in [0.2, 0.25) is 0 Å². The van der Waals surface area contributed by atoms with Gasteiger partial charge in [-0.15, -0.1) is 0 Å². The lowest BCUT2D eigenvalue weighted by Gasteiger charge is -2.35. The molecule has 5 rings (SSSR count). The normalized spacial score (nSPS) is 18.3. The second-order valence-electron chi connectivity index (χ2n) is 11.6. The van der Waals surface area contributed by atoms with Gasteiger partial charge in [0.1, 0.15) is 5.60 Å². The number of fused-ring (bicyclic) bond motifs is 1. The molecule has 0 aliphatic carbocycles. The highest BCUT2D eigenvalue weighted by molar-refractivity contribution is 8.18. The molecule has 0 spiro atoms. The summed E-state index contributed by atoms with van der Waals surface area (Å²) in [5.41, 5.74) is -0.0639. The number of carbonyl (C=O) groups excluding carboxylic acids is 3. The summed E-state index contributed by atoms with van der Waals surface area (Å²) in [5, 5.41) is 4.62. The predicted octanol–water partition coefficient (Wildman–Crippen LogP) is 6.60. The van der Waals surface area contributed by atoms with Gasteiger partial charge < -0.3 is 4.74 Å².